The van der Waals surface area contributed by atoms with Crippen LogP contribution in [-0.2, 0) is 9.84 Å². The molecule has 0 spiro atoms. The third-order valence-electron chi connectivity index (χ3n) is 2.89. The summed E-state index contributed by atoms with van der Waals surface area (Å²) in [5, 5.41) is -1.40. The second-order valence-corrected chi connectivity index (χ2v) is 6.57. The molecule has 1 aromatic carbocycles. The average Bonchev–Trinajstić information content (AvgIpc) is 2.41. The summed E-state index contributed by atoms with van der Waals surface area (Å²) < 4.78 is 50.7. The fourth-order valence-corrected chi connectivity index (χ4v) is 2.85. The molecule has 0 unspecified atom stereocenters. The number of aromatic nitrogens is 2. The predicted molar refractivity (Wildman–Crippen MR) is 68.7 cm³/mol. The quantitative estimate of drug-likeness (QED) is 0.817. The fourth-order valence-electron chi connectivity index (χ4n) is 1.63. The smallest absolute Gasteiger partial charge is 0.227 e. The molecule has 0 saturated carbocycles. The number of halogens is 2. The van der Waals surface area contributed by atoms with Gasteiger partial charge in [-0.25, -0.2) is 27.2 Å². The lowest BCUT2D eigenvalue weighted by molar-refractivity contribution is 0.506. The molecular formula is C13H12F2N2O2S. The van der Waals surface area contributed by atoms with E-state index in [4.69, 9.17) is 0 Å². The van der Waals surface area contributed by atoms with Gasteiger partial charge in [-0.3, -0.25) is 0 Å². The van der Waals surface area contributed by atoms with E-state index in [1.165, 1.54) is 25.4 Å². The minimum Gasteiger partial charge on any atom is -0.227 e. The molecule has 106 valence electrons. The molecule has 1 aromatic heterocycles. The molecular weight excluding hydrogens is 286 g/mol. The minimum absolute atomic E-state index is 0.146. The predicted octanol–water partition coefficient (Wildman–Crippen LogP) is 2.60. The number of hydrogen-bond acceptors (Lipinski definition) is 4. The number of sulfone groups is 1. The van der Waals surface area contributed by atoms with Crippen molar-refractivity contribution in [1.29, 1.82) is 0 Å². The van der Waals surface area contributed by atoms with Gasteiger partial charge in [0, 0.05) is 12.4 Å². The fraction of sp³-hybridized carbons (Fsp3) is 0.231. The lowest BCUT2D eigenvalue weighted by Gasteiger charge is -2.12. The zero-order valence-corrected chi connectivity index (χ0v) is 11.7. The number of aryl methyl sites for hydroxylation is 1. The van der Waals surface area contributed by atoms with E-state index in [9.17, 15) is 17.2 Å². The second kappa shape index (κ2) is 5.24. The van der Waals surface area contributed by atoms with E-state index < -0.39 is 26.7 Å². The summed E-state index contributed by atoms with van der Waals surface area (Å²) in [5.74, 6) is -2.11. The van der Waals surface area contributed by atoms with Crippen molar-refractivity contribution in [2.45, 2.75) is 24.3 Å². The van der Waals surface area contributed by atoms with Gasteiger partial charge in [0.15, 0.2) is 11.6 Å². The number of hydrogen-bond donors (Lipinski definition) is 0. The van der Waals surface area contributed by atoms with Crippen LogP contribution in [0, 0.1) is 18.6 Å². The van der Waals surface area contributed by atoms with Gasteiger partial charge >= 0.3 is 0 Å². The second-order valence-electron chi connectivity index (χ2n) is 4.40. The highest BCUT2D eigenvalue weighted by atomic mass is 32.2. The molecule has 1 heterocycles. The van der Waals surface area contributed by atoms with Crippen molar-refractivity contribution in [2.24, 2.45) is 0 Å². The Labute approximate surface area is 115 Å². The SMILES string of the molecule is Cc1cnc(S(=O)(=O)[C@@H](C)c2ccc(F)c(F)c2)nc1. The Morgan fingerprint density at radius 2 is 1.70 bits per heavy atom. The first-order valence-electron chi connectivity index (χ1n) is 5.80. The minimum atomic E-state index is -3.85. The largest absolute Gasteiger partial charge is 0.247 e. The molecule has 1 atom stereocenters. The van der Waals surface area contributed by atoms with Crippen LogP contribution in [0.1, 0.15) is 23.3 Å². The zero-order chi connectivity index (χ0) is 14.9. The first-order chi connectivity index (χ1) is 9.32. The Bertz CT molecular complexity index is 731. The van der Waals surface area contributed by atoms with E-state index in [-0.39, 0.29) is 10.7 Å². The van der Waals surface area contributed by atoms with Gasteiger partial charge in [0.2, 0.25) is 15.0 Å². The first kappa shape index (κ1) is 14.5. The van der Waals surface area contributed by atoms with Crippen LogP contribution in [0.25, 0.3) is 0 Å². The normalized spacial score (nSPS) is 13.2. The van der Waals surface area contributed by atoms with Crippen LogP contribution in [0.3, 0.4) is 0 Å². The molecule has 0 amide bonds. The van der Waals surface area contributed by atoms with Gasteiger partial charge in [0.05, 0.1) is 5.25 Å². The Kier molecular flexibility index (Phi) is 3.80. The number of nitrogens with zero attached hydrogens (tertiary/aromatic N) is 2. The molecule has 0 fully saturated rings. The maximum Gasteiger partial charge on any atom is 0.247 e. The van der Waals surface area contributed by atoms with Crippen molar-refractivity contribution in [3.63, 3.8) is 0 Å². The Morgan fingerprint density at radius 3 is 2.25 bits per heavy atom. The zero-order valence-electron chi connectivity index (χ0n) is 10.8. The molecule has 2 aromatic rings. The lowest BCUT2D eigenvalue weighted by Crippen LogP contribution is -2.14. The molecule has 20 heavy (non-hydrogen) atoms. The van der Waals surface area contributed by atoms with Gasteiger partial charge < -0.3 is 0 Å². The van der Waals surface area contributed by atoms with Crippen LogP contribution >= 0.6 is 0 Å². The van der Waals surface area contributed by atoms with Crippen LogP contribution in [0.5, 0.6) is 0 Å². The van der Waals surface area contributed by atoms with Crippen molar-refractivity contribution < 1.29 is 17.2 Å². The van der Waals surface area contributed by atoms with Crippen LogP contribution < -0.4 is 0 Å². The lowest BCUT2D eigenvalue weighted by atomic mass is 10.1. The number of benzene rings is 1. The molecule has 0 aliphatic rings. The molecule has 0 bridgehead atoms. The molecule has 0 aliphatic carbocycles. The summed E-state index contributed by atoms with van der Waals surface area (Å²) in [6, 6.07) is 2.99. The summed E-state index contributed by atoms with van der Waals surface area (Å²) in [7, 11) is -3.85. The Hall–Kier alpha value is -1.89. The van der Waals surface area contributed by atoms with Crippen molar-refractivity contribution in [3.8, 4) is 0 Å². The summed E-state index contributed by atoms with van der Waals surface area (Å²) in [6.07, 6.45) is 2.77. The highest BCUT2D eigenvalue weighted by molar-refractivity contribution is 7.91. The van der Waals surface area contributed by atoms with Gasteiger partial charge in [-0.1, -0.05) is 6.07 Å². The molecule has 0 aliphatic heterocycles. The van der Waals surface area contributed by atoms with E-state index in [1.54, 1.807) is 6.92 Å². The van der Waals surface area contributed by atoms with E-state index in [0.29, 0.717) is 0 Å². The topological polar surface area (TPSA) is 59.9 Å². The van der Waals surface area contributed by atoms with Gasteiger partial charge in [0.25, 0.3) is 0 Å². The summed E-state index contributed by atoms with van der Waals surface area (Å²) >= 11 is 0. The monoisotopic (exact) mass is 298 g/mol. The van der Waals surface area contributed by atoms with Gasteiger partial charge in [-0.15, -0.1) is 0 Å². The summed E-state index contributed by atoms with van der Waals surface area (Å²) in [6.45, 7) is 3.11. The van der Waals surface area contributed by atoms with E-state index in [0.717, 1.165) is 17.7 Å². The first-order valence-corrected chi connectivity index (χ1v) is 7.34. The molecule has 7 heteroatoms. The summed E-state index contributed by atoms with van der Waals surface area (Å²) in [4.78, 5) is 7.54. The van der Waals surface area contributed by atoms with Crippen molar-refractivity contribution in [1.82, 2.24) is 9.97 Å². The van der Waals surface area contributed by atoms with E-state index in [2.05, 4.69) is 9.97 Å². The van der Waals surface area contributed by atoms with Crippen LogP contribution in [0.4, 0.5) is 8.78 Å². The van der Waals surface area contributed by atoms with E-state index in [1.807, 2.05) is 0 Å². The third-order valence-corrected chi connectivity index (χ3v) is 4.81. The Balaban J connectivity index is 2.42. The molecule has 2 rings (SSSR count). The van der Waals surface area contributed by atoms with Crippen LogP contribution in [0.15, 0.2) is 35.7 Å². The van der Waals surface area contributed by atoms with Crippen LogP contribution in [0.2, 0.25) is 0 Å². The van der Waals surface area contributed by atoms with Gasteiger partial charge in [-0.05, 0) is 37.1 Å². The van der Waals surface area contributed by atoms with Crippen molar-refractivity contribution in [2.75, 3.05) is 0 Å². The average molecular weight is 298 g/mol. The maximum absolute atomic E-state index is 13.2. The van der Waals surface area contributed by atoms with Crippen molar-refractivity contribution >= 4 is 9.84 Å². The van der Waals surface area contributed by atoms with Gasteiger partial charge in [0.1, 0.15) is 0 Å². The van der Waals surface area contributed by atoms with Crippen molar-refractivity contribution in [3.05, 3.63) is 53.4 Å². The van der Waals surface area contributed by atoms with E-state index >= 15 is 0 Å². The maximum atomic E-state index is 13.2. The molecule has 4 nitrogen and oxygen atoms in total. The van der Waals surface area contributed by atoms with Gasteiger partial charge in [-0.2, -0.15) is 0 Å². The molecule has 0 radical (unpaired) electrons. The molecule has 0 saturated heterocycles. The highest BCUT2D eigenvalue weighted by Gasteiger charge is 2.28. The standard InChI is InChI=1S/C13H12F2N2O2S/c1-8-6-16-13(17-7-8)20(18,19)9(2)10-3-4-11(14)12(15)5-10/h3-7,9H,1-2H3/t9-/m0/s1. The highest BCUT2D eigenvalue weighted by Crippen LogP contribution is 2.27. The third kappa shape index (κ3) is 2.67. The summed E-state index contributed by atoms with van der Waals surface area (Å²) in [5.41, 5.74) is 0.873. The van der Waals surface area contributed by atoms with Crippen LogP contribution in [-0.4, -0.2) is 18.4 Å². The Morgan fingerprint density at radius 1 is 1.10 bits per heavy atom. The number of rotatable bonds is 3. The molecule has 0 N–H and O–H groups in total.